The number of carbonyl (C=O) groups is 1. The number of nitrogen functional groups attached to an aromatic ring is 1. The molecule has 4 rings (SSSR count). The highest BCUT2D eigenvalue weighted by atomic mass is 16.1. The van der Waals surface area contributed by atoms with Crippen molar-refractivity contribution in [2.75, 3.05) is 23.7 Å². The van der Waals surface area contributed by atoms with Crippen LogP contribution in [0.4, 0.5) is 11.4 Å². The summed E-state index contributed by atoms with van der Waals surface area (Å²) < 4.78 is 0. The lowest BCUT2D eigenvalue weighted by atomic mass is 10.0. The first-order valence-electron chi connectivity index (χ1n) is 10.2. The maximum atomic E-state index is 12.6. The third-order valence-corrected chi connectivity index (χ3v) is 5.51. The third-order valence-electron chi connectivity index (χ3n) is 5.51. The van der Waals surface area contributed by atoms with E-state index in [1.165, 1.54) is 0 Å². The van der Waals surface area contributed by atoms with Gasteiger partial charge in [-0.3, -0.25) is 4.79 Å². The molecule has 1 aliphatic rings. The number of ketones is 1. The maximum absolute atomic E-state index is 12.6. The minimum Gasteiger partial charge on any atom is -0.398 e. The van der Waals surface area contributed by atoms with E-state index in [2.05, 4.69) is 16.7 Å². The summed E-state index contributed by atoms with van der Waals surface area (Å²) in [7, 11) is 0. The predicted molar refractivity (Wildman–Crippen MR) is 123 cm³/mol. The second kappa shape index (κ2) is 8.86. The Balaban J connectivity index is 1.50. The Hall–Kier alpha value is -3.55. The SMILES string of the molecule is Nc1ccc(-c2ccccc2)cc1C#CC(=O)c1ccc(N2CCC(N)CC2)cc1. The van der Waals surface area contributed by atoms with E-state index in [0.717, 1.165) is 42.7 Å². The van der Waals surface area contributed by atoms with Crippen LogP contribution in [0, 0.1) is 11.8 Å². The second-order valence-corrected chi connectivity index (χ2v) is 7.62. The summed E-state index contributed by atoms with van der Waals surface area (Å²) >= 11 is 0. The van der Waals surface area contributed by atoms with Gasteiger partial charge in [0.15, 0.2) is 0 Å². The van der Waals surface area contributed by atoms with Gasteiger partial charge in [0.2, 0.25) is 5.78 Å². The van der Waals surface area contributed by atoms with Crippen molar-refractivity contribution in [1.82, 2.24) is 0 Å². The van der Waals surface area contributed by atoms with E-state index in [9.17, 15) is 4.79 Å². The average Bonchev–Trinajstić information content (AvgIpc) is 2.79. The molecule has 150 valence electrons. The number of nitrogens with zero attached hydrogens (tertiary/aromatic N) is 1. The molecular formula is C26H25N3O. The van der Waals surface area contributed by atoms with Crippen LogP contribution in [0.1, 0.15) is 28.8 Å². The van der Waals surface area contributed by atoms with Gasteiger partial charge in [0, 0.05) is 41.6 Å². The van der Waals surface area contributed by atoms with Gasteiger partial charge in [-0.1, -0.05) is 42.3 Å². The van der Waals surface area contributed by atoms with E-state index < -0.39 is 0 Å². The largest absolute Gasteiger partial charge is 0.398 e. The molecule has 1 fully saturated rings. The van der Waals surface area contributed by atoms with Crippen molar-refractivity contribution in [2.45, 2.75) is 18.9 Å². The first-order chi connectivity index (χ1) is 14.6. The summed E-state index contributed by atoms with van der Waals surface area (Å²) in [6, 6.07) is 23.7. The molecular weight excluding hydrogens is 370 g/mol. The Morgan fingerprint density at radius 1 is 0.900 bits per heavy atom. The van der Waals surface area contributed by atoms with Gasteiger partial charge in [-0.25, -0.2) is 0 Å². The molecule has 0 saturated carbocycles. The molecule has 0 amide bonds. The molecule has 0 radical (unpaired) electrons. The molecule has 4 nitrogen and oxygen atoms in total. The molecule has 4 heteroatoms. The van der Waals surface area contributed by atoms with Crippen molar-refractivity contribution in [3.63, 3.8) is 0 Å². The summed E-state index contributed by atoms with van der Waals surface area (Å²) in [4.78, 5) is 14.9. The highest BCUT2D eigenvalue weighted by molar-refractivity contribution is 6.09. The zero-order valence-electron chi connectivity index (χ0n) is 16.8. The molecule has 3 aromatic rings. The number of anilines is 2. The fourth-order valence-corrected chi connectivity index (χ4v) is 3.65. The first kappa shape index (κ1) is 19.8. The molecule has 0 spiro atoms. The van der Waals surface area contributed by atoms with Gasteiger partial charge >= 0.3 is 0 Å². The highest BCUT2D eigenvalue weighted by Crippen LogP contribution is 2.23. The third kappa shape index (κ3) is 4.53. The standard InChI is InChI=1S/C26H25N3O/c27-23-14-16-29(17-15-23)24-10-6-20(7-11-24)26(30)13-9-22-18-21(8-12-25(22)28)19-4-2-1-3-5-19/h1-8,10-12,18,23H,14-17,27-28H2. The van der Waals surface area contributed by atoms with Gasteiger partial charge in [-0.2, -0.15) is 0 Å². The second-order valence-electron chi connectivity index (χ2n) is 7.62. The lowest BCUT2D eigenvalue weighted by Gasteiger charge is -2.32. The first-order valence-corrected chi connectivity index (χ1v) is 10.2. The molecule has 3 aromatic carbocycles. The van der Waals surface area contributed by atoms with Crippen LogP contribution < -0.4 is 16.4 Å². The molecule has 0 atom stereocenters. The lowest BCUT2D eigenvalue weighted by molar-refractivity contribution is 0.105. The Morgan fingerprint density at radius 3 is 2.30 bits per heavy atom. The van der Waals surface area contributed by atoms with Crippen LogP contribution in [-0.2, 0) is 0 Å². The molecule has 0 unspecified atom stereocenters. The molecule has 30 heavy (non-hydrogen) atoms. The van der Waals surface area contributed by atoms with Gasteiger partial charge in [0.1, 0.15) is 0 Å². The molecule has 4 N–H and O–H groups in total. The molecule has 0 aliphatic carbocycles. The number of rotatable bonds is 3. The van der Waals surface area contributed by atoms with Crippen LogP contribution in [0.5, 0.6) is 0 Å². The number of nitrogens with two attached hydrogens (primary N) is 2. The van der Waals surface area contributed by atoms with Gasteiger partial charge in [-0.05, 0) is 66.3 Å². The van der Waals surface area contributed by atoms with Crippen molar-refractivity contribution >= 4 is 17.2 Å². The molecule has 0 bridgehead atoms. The van der Waals surface area contributed by atoms with Gasteiger partial charge in [-0.15, -0.1) is 0 Å². The van der Waals surface area contributed by atoms with Crippen molar-refractivity contribution in [1.29, 1.82) is 0 Å². The lowest BCUT2D eigenvalue weighted by Crippen LogP contribution is -2.39. The summed E-state index contributed by atoms with van der Waals surface area (Å²) in [6.07, 6.45) is 1.99. The van der Waals surface area contributed by atoms with E-state index in [1.54, 1.807) is 0 Å². The smallest absolute Gasteiger partial charge is 0.236 e. The van der Waals surface area contributed by atoms with Crippen LogP contribution in [0.25, 0.3) is 11.1 Å². The summed E-state index contributed by atoms with van der Waals surface area (Å²) in [5, 5.41) is 0. The normalized spacial score (nSPS) is 14.1. The number of Topliss-reactive ketones (excluding diaryl/α,β-unsaturated/α-hetero) is 1. The number of carbonyl (C=O) groups excluding carboxylic acids is 1. The monoisotopic (exact) mass is 395 g/mol. The highest BCUT2D eigenvalue weighted by Gasteiger charge is 2.16. The number of hydrogen-bond acceptors (Lipinski definition) is 4. The van der Waals surface area contributed by atoms with E-state index >= 15 is 0 Å². The van der Waals surface area contributed by atoms with E-state index in [1.807, 2.05) is 72.8 Å². The summed E-state index contributed by atoms with van der Waals surface area (Å²) in [5.74, 6) is 5.48. The Kier molecular flexibility index (Phi) is 5.83. The molecule has 1 aliphatic heterocycles. The van der Waals surface area contributed by atoms with Crippen molar-refractivity contribution < 1.29 is 4.79 Å². The quantitative estimate of drug-likeness (QED) is 0.398. The van der Waals surface area contributed by atoms with Crippen LogP contribution in [0.15, 0.2) is 72.8 Å². The fraction of sp³-hybridized carbons (Fsp3) is 0.192. The van der Waals surface area contributed by atoms with E-state index in [0.29, 0.717) is 22.9 Å². The minimum atomic E-state index is -0.216. The topological polar surface area (TPSA) is 72.4 Å². The van der Waals surface area contributed by atoms with E-state index in [4.69, 9.17) is 11.5 Å². The Bertz CT molecular complexity index is 1090. The maximum Gasteiger partial charge on any atom is 0.236 e. The fourth-order valence-electron chi connectivity index (χ4n) is 3.65. The van der Waals surface area contributed by atoms with Gasteiger partial charge in [0.05, 0.1) is 0 Å². The predicted octanol–water partition coefficient (Wildman–Crippen LogP) is 4.10. The van der Waals surface area contributed by atoms with Crippen molar-refractivity contribution in [3.8, 4) is 23.0 Å². The average molecular weight is 396 g/mol. The summed E-state index contributed by atoms with van der Waals surface area (Å²) in [6.45, 7) is 1.90. The van der Waals surface area contributed by atoms with Gasteiger partial charge in [0.25, 0.3) is 0 Å². The molecule has 0 aromatic heterocycles. The zero-order chi connectivity index (χ0) is 20.9. The minimum absolute atomic E-state index is 0.216. The Morgan fingerprint density at radius 2 is 1.60 bits per heavy atom. The van der Waals surface area contributed by atoms with Crippen LogP contribution in [-0.4, -0.2) is 24.9 Å². The molecule has 1 heterocycles. The van der Waals surface area contributed by atoms with Crippen LogP contribution in [0.2, 0.25) is 0 Å². The van der Waals surface area contributed by atoms with Crippen molar-refractivity contribution in [2.24, 2.45) is 5.73 Å². The van der Waals surface area contributed by atoms with Gasteiger partial charge < -0.3 is 16.4 Å². The van der Waals surface area contributed by atoms with Crippen molar-refractivity contribution in [3.05, 3.63) is 83.9 Å². The summed E-state index contributed by atoms with van der Waals surface area (Å²) in [5.41, 5.74) is 17.1. The zero-order valence-corrected chi connectivity index (χ0v) is 16.8. The Labute approximate surface area is 177 Å². The van der Waals surface area contributed by atoms with Crippen LogP contribution >= 0.6 is 0 Å². The molecule has 1 saturated heterocycles. The van der Waals surface area contributed by atoms with E-state index in [-0.39, 0.29) is 5.78 Å². The van der Waals surface area contributed by atoms with Crippen LogP contribution in [0.3, 0.4) is 0 Å². The number of benzene rings is 3. The number of piperidine rings is 1. The number of hydrogen-bond donors (Lipinski definition) is 2.